The van der Waals surface area contributed by atoms with Gasteiger partial charge in [0.25, 0.3) is 0 Å². The van der Waals surface area contributed by atoms with Crippen LogP contribution in [0.25, 0.3) is 0 Å². The van der Waals surface area contributed by atoms with Crippen LogP contribution in [0.4, 0.5) is 0 Å². The Morgan fingerprint density at radius 2 is 1.81 bits per heavy atom. The van der Waals surface area contributed by atoms with E-state index in [2.05, 4.69) is 17.9 Å². The molecule has 1 aromatic carbocycles. The Labute approximate surface area is 97.0 Å². The van der Waals surface area contributed by atoms with Gasteiger partial charge in [0.1, 0.15) is 0 Å². The topological polar surface area (TPSA) is 37.4 Å². The molecule has 3 nitrogen and oxygen atoms in total. The number of nitrogens with zero attached hydrogens (tertiary/aromatic N) is 1. The van der Waals surface area contributed by atoms with Gasteiger partial charge in [-0.05, 0) is 18.6 Å². The van der Waals surface area contributed by atoms with Crippen molar-refractivity contribution in [2.24, 2.45) is 0 Å². The maximum Gasteiger partial charge on any atom is 0.152 e. The zero-order valence-corrected chi connectivity index (χ0v) is 10.2. The molecular formula is C12H16NO2S. The SMILES string of the molecule is CC(c1cc[c]cc1)N1CCS(=O)(=O)CC1. The molecule has 87 valence electrons. The third kappa shape index (κ3) is 2.62. The lowest BCUT2D eigenvalue weighted by atomic mass is 10.1. The average molecular weight is 238 g/mol. The molecule has 1 saturated heterocycles. The normalized spacial score (nSPS) is 22.8. The average Bonchev–Trinajstić information content (AvgIpc) is 2.29. The molecule has 1 atom stereocenters. The Balaban J connectivity index is 2.05. The lowest BCUT2D eigenvalue weighted by Crippen LogP contribution is -2.41. The van der Waals surface area contributed by atoms with Crippen molar-refractivity contribution in [3.05, 3.63) is 35.9 Å². The molecule has 0 aliphatic carbocycles. The standard InChI is InChI=1S/C12H16NO2S/c1-11(12-5-3-2-4-6-12)13-7-9-16(14,15)10-8-13/h3-6,11H,7-10H2,1H3. The fourth-order valence-electron chi connectivity index (χ4n) is 2.00. The van der Waals surface area contributed by atoms with Gasteiger partial charge < -0.3 is 0 Å². The van der Waals surface area contributed by atoms with Gasteiger partial charge in [-0.1, -0.05) is 24.3 Å². The number of rotatable bonds is 2. The van der Waals surface area contributed by atoms with E-state index >= 15 is 0 Å². The maximum absolute atomic E-state index is 11.3. The second-order valence-corrected chi connectivity index (χ2v) is 6.50. The highest BCUT2D eigenvalue weighted by molar-refractivity contribution is 7.91. The summed E-state index contributed by atoms with van der Waals surface area (Å²) in [6.45, 7) is 3.40. The molecule has 1 unspecified atom stereocenters. The van der Waals surface area contributed by atoms with Gasteiger partial charge in [0.15, 0.2) is 9.84 Å². The van der Waals surface area contributed by atoms with E-state index in [1.165, 1.54) is 5.56 Å². The van der Waals surface area contributed by atoms with Crippen LogP contribution in [-0.4, -0.2) is 37.9 Å². The van der Waals surface area contributed by atoms with Gasteiger partial charge in [0.2, 0.25) is 0 Å². The van der Waals surface area contributed by atoms with Crippen molar-refractivity contribution in [3.8, 4) is 0 Å². The zero-order valence-electron chi connectivity index (χ0n) is 9.39. The van der Waals surface area contributed by atoms with Crippen LogP contribution in [0.2, 0.25) is 0 Å². The fraction of sp³-hybridized carbons (Fsp3) is 0.500. The molecular weight excluding hydrogens is 222 g/mol. The minimum Gasteiger partial charge on any atom is -0.295 e. The van der Waals surface area contributed by atoms with E-state index in [1.807, 2.05) is 24.3 Å². The molecule has 1 radical (unpaired) electrons. The molecule has 1 aliphatic heterocycles. The van der Waals surface area contributed by atoms with Crippen molar-refractivity contribution in [2.75, 3.05) is 24.6 Å². The summed E-state index contributed by atoms with van der Waals surface area (Å²) < 4.78 is 22.6. The predicted octanol–water partition coefficient (Wildman–Crippen LogP) is 1.28. The van der Waals surface area contributed by atoms with E-state index in [0.717, 1.165) is 0 Å². The van der Waals surface area contributed by atoms with Crippen LogP contribution >= 0.6 is 0 Å². The van der Waals surface area contributed by atoms with Crippen LogP contribution in [-0.2, 0) is 9.84 Å². The highest BCUT2D eigenvalue weighted by atomic mass is 32.2. The number of hydrogen-bond donors (Lipinski definition) is 0. The summed E-state index contributed by atoms with van der Waals surface area (Å²) in [6.07, 6.45) is 0. The molecule has 0 spiro atoms. The van der Waals surface area contributed by atoms with Crippen LogP contribution in [0.5, 0.6) is 0 Å². The Morgan fingerprint density at radius 1 is 1.25 bits per heavy atom. The zero-order chi connectivity index (χ0) is 11.6. The van der Waals surface area contributed by atoms with Crippen LogP contribution in [0.15, 0.2) is 24.3 Å². The molecule has 16 heavy (non-hydrogen) atoms. The summed E-state index contributed by atoms with van der Waals surface area (Å²) in [5.74, 6) is 0.576. The Kier molecular flexibility index (Phi) is 3.30. The largest absolute Gasteiger partial charge is 0.295 e. The second kappa shape index (κ2) is 4.55. The van der Waals surface area contributed by atoms with E-state index in [1.54, 1.807) is 0 Å². The number of benzene rings is 1. The van der Waals surface area contributed by atoms with Crippen LogP contribution in [0.1, 0.15) is 18.5 Å². The Bertz CT molecular complexity index is 427. The van der Waals surface area contributed by atoms with Crippen molar-refractivity contribution in [1.29, 1.82) is 0 Å². The summed E-state index contributed by atoms with van der Waals surface area (Å²) in [5, 5.41) is 0. The quantitative estimate of drug-likeness (QED) is 0.779. The number of sulfone groups is 1. The predicted molar refractivity (Wildman–Crippen MR) is 63.9 cm³/mol. The molecule has 1 aliphatic rings. The maximum atomic E-state index is 11.3. The van der Waals surface area contributed by atoms with Crippen LogP contribution < -0.4 is 0 Å². The van der Waals surface area contributed by atoms with Crippen LogP contribution in [0.3, 0.4) is 0 Å². The van der Waals surface area contributed by atoms with E-state index in [4.69, 9.17) is 0 Å². The first-order valence-electron chi connectivity index (χ1n) is 5.49. The summed E-state index contributed by atoms with van der Waals surface area (Å²) >= 11 is 0. The highest BCUT2D eigenvalue weighted by Crippen LogP contribution is 2.21. The lowest BCUT2D eigenvalue weighted by Gasteiger charge is -2.32. The summed E-state index contributed by atoms with van der Waals surface area (Å²) in [4.78, 5) is 2.22. The van der Waals surface area contributed by atoms with Crippen molar-refractivity contribution >= 4 is 9.84 Å². The van der Waals surface area contributed by atoms with Gasteiger partial charge in [-0.3, -0.25) is 4.90 Å². The third-order valence-electron chi connectivity index (χ3n) is 3.15. The first-order valence-corrected chi connectivity index (χ1v) is 7.31. The minimum absolute atomic E-state index is 0.282. The molecule has 1 fully saturated rings. The Morgan fingerprint density at radius 3 is 2.38 bits per heavy atom. The van der Waals surface area contributed by atoms with Gasteiger partial charge in [0, 0.05) is 19.1 Å². The lowest BCUT2D eigenvalue weighted by molar-refractivity contribution is 0.229. The van der Waals surface area contributed by atoms with Crippen molar-refractivity contribution in [2.45, 2.75) is 13.0 Å². The van der Waals surface area contributed by atoms with Gasteiger partial charge in [-0.25, -0.2) is 8.42 Å². The second-order valence-electron chi connectivity index (χ2n) is 4.20. The molecule has 0 N–H and O–H groups in total. The number of hydrogen-bond acceptors (Lipinski definition) is 3. The molecule has 2 rings (SSSR count). The molecule has 1 aromatic rings. The van der Waals surface area contributed by atoms with Crippen molar-refractivity contribution < 1.29 is 8.42 Å². The first-order chi connectivity index (χ1) is 7.58. The van der Waals surface area contributed by atoms with E-state index in [0.29, 0.717) is 13.1 Å². The molecule has 4 heteroatoms. The third-order valence-corrected chi connectivity index (χ3v) is 4.76. The molecule has 0 aromatic heterocycles. The minimum atomic E-state index is -2.78. The molecule has 1 heterocycles. The highest BCUT2D eigenvalue weighted by Gasteiger charge is 2.25. The molecule has 0 saturated carbocycles. The van der Waals surface area contributed by atoms with Gasteiger partial charge >= 0.3 is 0 Å². The first kappa shape index (κ1) is 11.6. The summed E-state index contributed by atoms with van der Waals surface area (Å²) in [5.41, 5.74) is 1.22. The van der Waals surface area contributed by atoms with Gasteiger partial charge in [-0.15, -0.1) is 0 Å². The van der Waals surface area contributed by atoms with Crippen molar-refractivity contribution in [3.63, 3.8) is 0 Å². The van der Waals surface area contributed by atoms with E-state index in [9.17, 15) is 8.42 Å². The van der Waals surface area contributed by atoms with Gasteiger partial charge in [0.05, 0.1) is 11.5 Å². The van der Waals surface area contributed by atoms with Crippen molar-refractivity contribution in [1.82, 2.24) is 4.90 Å². The summed E-state index contributed by atoms with van der Waals surface area (Å²) in [6, 6.07) is 11.1. The smallest absolute Gasteiger partial charge is 0.152 e. The van der Waals surface area contributed by atoms with Gasteiger partial charge in [-0.2, -0.15) is 0 Å². The summed E-state index contributed by atoms with van der Waals surface area (Å²) in [7, 11) is -2.78. The Hall–Kier alpha value is -0.870. The molecule has 0 bridgehead atoms. The monoisotopic (exact) mass is 238 g/mol. The van der Waals surface area contributed by atoms with E-state index in [-0.39, 0.29) is 17.5 Å². The molecule has 0 amide bonds. The van der Waals surface area contributed by atoms with E-state index < -0.39 is 9.84 Å². The van der Waals surface area contributed by atoms with Crippen LogP contribution in [0, 0.1) is 6.07 Å². The fourth-order valence-corrected chi connectivity index (χ4v) is 3.23.